The van der Waals surface area contributed by atoms with Gasteiger partial charge in [-0.05, 0) is 18.4 Å². The fourth-order valence-electron chi connectivity index (χ4n) is 1.92. The lowest BCUT2D eigenvalue weighted by atomic mass is 10.1. The van der Waals surface area contributed by atoms with Gasteiger partial charge in [-0.15, -0.1) is 12.4 Å². The minimum atomic E-state index is -0.247. The molecule has 1 amide bonds. The molecule has 1 aromatic carbocycles. The summed E-state index contributed by atoms with van der Waals surface area (Å²) < 4.78 is 0. The first-order valence-electron chi connectivity index (χ1n) is 4.87. The third-order valence-electron chi connectivity index (χ3n) is 2.69. The Morgan fingerprint density at radius 2 is 1.93 bits per heavy atom. The van der Waals surface area contributed by atoms with Crippen LogP contribution in [0.15, 0.2) is 30.3 Å². The van der Waals surface area contributed by atoms with Crippen molar-refractivity contribution in [3.05, 3.63) is 35.9 Å². The maximum absolute atomic E-state index is 10.9. The number of nitrogens with one attached hydrogen (secondary N) is 1. The lowest BCUT2D eigenvalue weighted by molar-refractivity contribution is -0.119. The van der Waals surface area contributed by atoms with Gasteiger partial charge in [0.05, 0.1) is 6.04 Å². The molecular formula is C11H15ClN2O. The highest BCUT2D eigenvalue weighted by Gasteiger charge is 2.27. The summed E-state index contributed by atoms with van der Waals surface area (Å²) in [5.74, 6) is -0.247. The molecule has 4 heteroatoms. The first-order valence-corrected chi connectivity index (χ1v) is 4.87. The summed E-state index contributed by atoms with van der Waals surface area (Å²) in [4.78, 5) is 10.9. The van der Waals surface area contributed by atoms with Gasteiger partial charge in [0.15, 0.2) is 0 Å². The molecule has 0 unspecified atom stereocenters. The van der Waals surface area contributed by atoms with Crippen molar-refractivity contribution in [3.63, 3.8) is 0 Å². The molecule has 1 fully saturated rings. The summed E-state index contributed by atoms with van der Waals surface area (Å²) in [6.07, 6.45) is 1.83. The monoisotopic (exact) mass is 226 g/mol. The van der Waals surface area contributed by atoms with Crippen LogP contribution in [0.1, 0.15) is 24.4 Å². The lowest BCUT2D eigenvalue weighted by Crippen LogP contribution is -2.37. The number of carbonyl (C=O) groups excluding carboxylic acids is 1. The van der Waals surface area contributed by atoms with Crippen molar-refractivity contribution in [2.45, 2.75) is 24.9 Å². The molecule has 1 aliphatic rings. The quantitative estimate of drug-likeness (QED) is 0.801. The fraction of sp³-hybridized carbons (Fsp3) is 0.364. The minimum Gasteiger partial charge on any atom is -0.368 e. The topological polar surface area (TPSA) is 55.1 Å². The Bertz CT molecular complexity index is 329. The molecule has 3 N–H and O–H groups in total. The maximum atomic E-state index is 10.9. The second kappa shape index (κ2) is 5.14. The largest absolute Gasteiger partial charge is 0.368 e. The fourth-order valence-corrected chi connectivity index (χ4v) is 1.92. The summed E-state index contributed by atoms with van der Waals surface area (Å²) in [6.45, 7) is 0. The molecule has 0 aliphatic carbocycles. The predicted molar refractivity (Wildman–Crippen MR) is 61.8 cm³/mol. The van der Waals surface area contributed by atoms with Gasteiger partial charge in [-0.25, -0.2) is 0 Å². The molecule has 2 rings (SSSR count). The van der Waals surface area contributed by atoms with Crippen molar-refractivity contribution < 1.29 is 4.79 Å². The molecule has 0 saturated carbocycles. The second-order valence-electron chi connectivity index (χ2n) is 3.66. The van der Waals surface area contributed by atoms with Crippen molar-refractivity contribution >= 4 is 18.3 Å². The van der Waals surface area contributed by atoms with Crippen molar-refractivity contribution in [2.75, 3.05) is 0 Å². The van der Waals surface area contributed by atoms with E-state index >= 15 is 0 Å². The van der Waals surface area contributed by atoms with E-state index in [9.17, 15) is 4.79 Å². The molecule has 0 spiro atoms. The Morgan fingerprint density at radius 3 is 2.47 bits per heavy atom. The summed E-state index contributed by atoms with van der Waals surface area (Å²) in [5, 5.41) is 3.23. The van der Waals surface area contributed by atoms with Crippen molar-refractivity contribution in [3.8, 4) is 0 Å². The van der Waals surface area contributed by atoms with Gasteiger partial charge < -0.3 is 5.73 Å². The molecule has 15 heavy (non-hydrogen) atoms. The van der Waals surface area contributed by atoms with Crippen LogP contribution in [0.25, 0.3) is 0 Å². The van der Waals surface area contributed by atoms with E-state index in [0.29, 0.717) is 0 Å². The average molecular weight is 227 g/mol. The average Bonchev–Trinajstić information content (AvgIpc) is 2.68. The molecule has 1 saturated heterocycles. The highest BCUT2D eigenvalue weighted by atomic mass is 35.5. The van der Waals surface area contributed by atoms with E-state index in [1.54, 1.807) is 0 Å². The number of benzene rings is 1. The second-order valence-corrected chi connectivity index (χ2v) is 3.66. The first kappa shape index (κ1) is 12.0. The summed E-state index contributed by atoms with van der Waals surface area (Å²) in [7, 11) is 0. The van der Waals surface area contributed by atoms with Crippen molar-refractivity contribution in [2.24, 2.45) is 5.73 Å². The van der Waals surface area contributed by atoms with Crippen LogP contribution in [0.5, 0.6) is 0 Å². The molecule has 0 radical (unpaired) electrons. The molecule has 1 heterocycles. The molecule has 3 nitrogen and oxygen atoms in total. The van der Waals surface area contributed by atoms with Crippen LogP contribution < -0.4 is 11.1 Å². The highest BCUT2D eigenvalue weighted by Crippen LogP contribution is 2.25. The van der Waals surface area contributed by atoms with Gasteiger partial charge in [-0.2, -0.15) is 0 Å². The van der Waals surface area contributed by atoms with Gasteiger partial charge in [0, 0.05) is 6.04 Å². The number of hydrogen-bond acceptors (Lipinski definition) is 2. The number of amides is 1. The van der Waals surface area contributed by atoms with E-state index < -0.39 is 0 Å². The zero-order valence-electron chi connectivity index (χ0n) is 8.35. The minimum absolute atomic E-state index is 0. The Labute approximate surface area is 95.5 Å². The smallest absolute Gasteiger partial charge is 0.234 e. The SMILES string of the molecule is Cl.NC(=O)[C@@H]1CC[C@H](c2ccccc2)N1. The Hall–Kier alpha value is -1.06. The number of hydrogen-bond donors (Lipinski definition) is 2. The Balaban J connectivity index is 0.00000112. The number of rotatable bonds is 2. The maximum Gasteiger partial charge on any atom is 0.234 e. The molecule has 82 valence electrons. The van der Waals surface area contributed by atoms with Crippen LogP contribution in [0.3, 0.4) is 0 Å². The molecule has 1 aromatic rings. The standard InChI is InChI=1S/C11H14N2O.ClH/c12-11(14)10-7-6-9(13-10)8-4-2-1-3-5-8;/h1-5,9-10,13H,6-7H2,(H2,12,14);1H/t9-,10+;/m1./s1. The van der Waals surface area contributed by atoms with Gasteiger partial charge in [-0.1, -0.05) is 30.3 Å². The third-order valence-corrected chi connectivity index (χ3v) is 2.69. The molecular weight excluding hydrogens is 212 g/mol. The summed E-state index contributed by atoms with van der Waals surface area (Å²) in [6, 6.07) is 10.3. The van der Waals surface area contributed by atoms with E-state index in [0.717, 1.165) is 12.8 Å². The van der Waals surface area contributed by atoms with Gasteiger partial charge in [0.25, 0.3) is 0 Å². The van der Waals surface area contributed by atoms with E-state index in [2.05, 4.69) is 17.4 Å². The van der Waals surface area contributed by atoms with Crippen LogP contribution in [0, 0.1) is 0 Å². The van der Waals surface area contributed by atoms with Gasteiger partial charge in [-0.3, -0.25) is 10.1 Å². The zero-order chi connectivity index (χ0) is 9.97. The molecule has 2 atom stereocenters. The third kappa shape index (κ3) is 2.70. The normalized spacial score (nSPS) is 24.5. The van der Waals surface area contributed by atoms with Gasteiger partial charge >= 0.3 is 0 Å². The van der Waals surface area contributed by atoms with E-state index in [4.69, 9.17) is 5.73 Å². The van der Waals surface area contributed by atoms with E-state index in [-0.39, 0.29) is 30.4 Å². The molecule has 0 bridgehead atoms. The van der Waals surface area contributed by atoms with Crippen LogP contribution in [-0.2, 0) is 4.79 Å². The summed E-state index contributed by atoms with van der Waals surface area (Å²) >= 11 is 0. The highest BCUT2D eigenvalue weighted by molar-refractivity contribution is 5.85. The van der Waals surface area contributed by atoms with Crippen LogP contribution >= 0.6 is 12.4 Å². The van der Waals surface area contributed by atoms with Crippen molar-refractivity contribution in [1.29, 1.82) is 0 Å². The van der Waals surface area contributed by atoms with Gasteiger partial charge in [0.2, 0.25) is 5.91 Å². The van der Waals surface area contributed by atoms with Crippen LogP contribution in [0.2, 0.25) is 0 Å². The zero-order valence-corrected chi connectivity index (χ0v) is 9.17. The molecule has 0 aromatic heterocycles. The van der Waals surface area contributed by atoms with E-state index in [1.165, 1.54) is 5.56 Å². The number of halogens is 1. The lowest BCUT2D eigenvalue weighted by Gasteiger charge is -2.12. The summed E-state index contributed by atoms with van der Waals surface area (Å²) in [5.41, 5.74) is 6.47. The number of carbonyl (C=O) groups is 1. The number of primary amides is 1. The predicted octanol–water partition coefficient (Wildman–Crippen LogP) is 1.39. The van der Waals surface area contributed by atoms with Crippen molar-refractivity contribution in [1.82, 2.24) is 5.32 Å². The Morgan fingerprint density at radius 1 is 1.27 bits per heavy atom. The van der Waals surface area contributed by atoms with Crippen LogP contribution in [0.4, 0.5) is 0 Å². The number of nitrogens with two attached hydrogens (primary N) is 1. The molecule has 1 aliphatic heterocycles. The Kier molecular flexibility index (Phi) is 4.12. The van der Waals surface area contributed by atoms with E-state index in [1.807, 2.05) is 18.2 Å². The van der Waals surface area contributed by atoms with Crippen LogP contribution in [-0.4, -0.2) is 11.9 Å². The first-order chi connectivity index (χ1) is 6.77. The van der Waals surface area contributed by atoms with Gasteiger partial charge in [0.1, 0.15) is 0 Å².